The molecule has 0 atom stereocenters. The molecule has 1 heterocycles. The summed E-state index contributed by atoms with van der Waals surface area (Å²) < 4.78 is 0. The quantitative estimate of drug-likeness (QED) is 0.778. The Morgan fingerprint density at radius 1 is 1.15 bits per heavy atom. The van der Waals surface area contributed by atoms with Gasteiger partial charge in [-0.1, -0.05) is 13.8 Å². The smallest absolute Gasteiger partial charge is 0.00937 e. The number of nitrogens with zero attached hydrogens (tertiary/aromatic N) is 1. The van der Waals surface area contributed by atoms with Crippen molar-refractivity contribution in [2.24, 2.45) is 0 Å². The van der Waals surface area contributed by atoms with Gasteiger partial charge in [0.25, 0.3) is 0 Å². The van der Waals surface area contributed by atoms with Gasteiger partial charge in [0, 0.05) is 12.1 Å². The van der Waals surface area contributed by atoms with Crippen molar-refractivity contribution >= 4 is 24.8 Å². The fraction of sp³-hybridized carbons (Fsp3) is 1.00. The molecule has 0 bridgehead atoms. The largest absolute Gasteiger partial charge is 0.312 e. The van der Waals surface area contributed by atoms with Gasteiger partial charge in [0.1, 0.15) is 0 Å². The molecule has 0 aliphatic carbocycles. The maximum absolute atomic E-state index is 3.58. The highest BCUT2D eigenvalue weighted by Crippen LogP contribution is 2.08. The summed E-state index contributed by atoms with van der Waals surface area (Å²) in [5.74, 6) is 0. The molecule has 82 valence electrons. The lowest BCUT2D eigenvalue weighted by molar-refractivity contribution is 0.228. The van der Waals surface area contributed by atoms with Crippen LogP contribution in [-0.4, -0.2) is 37.1 Å². The van der Waals surface area contributed by atoms with Crippen LogP contribution in [-0.2, 0) is 0 Å². The van der Waals surface area contributed by atoms with Gasteiger partial charge in [0.2, 0.25) is 0 Å². The van der Waals surface area contributed by atoms with Crippen molar-refractivity contribution in [1.82, 2.24) is 10.2 Å². The summed E-state index contributed by atoms with van der Waals surface area (Å²) in [7, 11) is 2.20. The second kappa shape index (κ2) is 7.86. The molecule has 0 unspecified atom stereocenters. The van der Waals surface area contributed by atoms with E-state index in [1.807, 2.05) is 0 Å². The van der Waals surface area contributed by atoms with Crippen LogP contribution in [0.1, 0.15) is 26.7 Å². The predicted octanol–water partition coefficient (Wildman–Crippen LogP) is 1.92. The minimum absolute atomic E-state index is 0. The molecular formula is C9H22Cl2N2. The molecule has 1 fully saturated rings. The lowest BCUT2D eigenvalue weighted by Crippen LogP contribution is -2.43. The second-order valence-corrected chi connectivity index (χ2v) is 3.90. The normalized spacial score (nSPS) is 19.4. The van der Waals surface area contributed by atoms with Gasteiger partial charge in [-0.3, -0.25) is 0 Å². The zero-order valence-corrected chi connectivity index (χ0v) is 10.4. The first kappa shape index (κ1) is 15.9. The van der Waals surface area contributed by atoms with Crippen LogP contribution in [0.2, 0.25) is 0 Å². The third kappa shape index (κ3) is 6.55. The van der Waals surface area contributed by atoms with Gasteiger partial charge in [-0.25, -0.2) is 0 Å². The number of likely N-dealkylation sites (tertiary alicyclic amines) is 1. The summed E-state index contributed by atoms with van der Waals surface area (Å²) in [5, 5.41) is 3.58. The van der Waals surface area contributed by atoms with Gasteiger partial charge in [-0.15, -0.1) is 24.8 Å². The van der Waals surface area contributed by atoms with Crippen LogP contribution in [0.4, 0.5) is 0 Å². The van der Waals surface area contributed by atoms with E-state index in [1.54, 1.807) is 0 Å². The Morgan fingerprint density at radius 2 is 1.62 bits per heavy atom. The minimum Gasteiger partial charge on any atom is -0.312 e. The van der Waals surface area contributed by atoms with Crippen molar-refractivity contribution in [3.05, 3.63) is 0 Å². The lowest BCUT2D eigenvalue weighted by atomic mass is 10.1. The van der Waals surface area contributed by atoms with Crippen molar-refractivity contribution in [3.63, 3.8) is 0 Å². The van der Waals surface area contributed by atoms with Crippen LogP contribution in [0.15, 0.2) is 0 Å². The molecule has 0 amide bonds. The Hall–Kier alpha value is 0.500. The first-order valence-corrected chi connectivity index (χ1v) is 4.63. The number of rotatable bonds is 2. The topological polar surface area (TPSA) is 15.3 Å². The van der Waals surface area contributed by atoms with Crippen LogP contribution in [0.5, 0.6) is 0 Å². The lowest BCUT2D eigenvalue weighted by Gasteiger charge is -2.30. The molecule has 13 heavy (non-hydrogen) atoms. The number of hydrogen-bond acceptors (Lipinski definition) is 2. The van der Waals surface area contributed by atoms with Crippen molar-refractivity contribution in [3.8, 4) is 0 Å². The monoisotopic (exact) mass is 228 g/mol. The molecular weight excluding hydrogens is 207 g/mol. The van der Waals surface area contributed by atoms with Gasteiger partial charge in [-0.2, -0.15) is 0 Å². The van der Waals surface area contributed by atoms with E-state index in [9.17, 15) is 0 Å². The van der Waals surface area contributed by atoms with Crippen molar-refractivity contribution < 1.29 is 0 Å². The number of nitrogens with one attached hydrogen (secondary N) is 1. The van der Waals surface area contributed by atoms with Gasteiger partial charge >= 0.3 is 0 Å². The SMILES string of the molecule is CC(C)NC1CCN(C)CC1.Cl.Cl. The summed E-state index contributed by atoms with van der Waals surface area (Å²) in [6.07, 6.45) is 2.63. The third-order valence-corrected chi connectivity index (χ3v) is 2.29. The van der Waals surface area contributed by atoms with E-state index in [0.717, 1.165) is 6.04 Å². The molecule has 4 heteroatoms. The molecule has 0 saturated carbocycles. The van der Waals surface area contributed by atoms with E-state index in [-0.39, 0.29) is 24.8 Å². The van der Waals surface area contributed by atoms with Crippen LogP contribution < -0.4 is 5.32 Å². The van der Waals surface area contributed by atoms with Crippen molar-refractivity contribution in [2.45, 2.75) is 38.8 Å². The molecule has 1 aliphatic heterocycles. The average Bonchev–Trinajstić information content (AvgIpc) is 1.93. The fourth-order valence-electron chi connectivity index (χ4n) is 1.65. The Balaban J connectivity index is 0. The molecule has 0 aromatic heterocycles. The number of hydrogen-bond donors (Lipinski definition) is 1. The first-order valence-electron chi connectivity index (χ1n) is 4.63. The van der Waals surface area contributed by atoms with Crippen LogP contribution in [0.25, 0.3) is 0 Å². The Bertz CT molecular complexity index is 112. The van der Waals surface area contributed by atoms with Crippen LogP contribution in [0.3, 0.4) is 0 Å². The molecule has 1 rings (SSSR count). The van der Waals surface area contributed by atoms with Crippen molar-refractivity contribution in [1.29, 1.82) is 0 Å². The molecule has 0 spiro atoms. The van der Waals surface area contributed by atoms with E-state index in [0.29, 0.717) is 6.04 Å². The maximum atomic E-state index is 3.58. The Morgan fingerprint density at radius 3 is 2.00 bits per heavy atom. The van der Waals surface area contributed by atoms with E-state index in [2.05, 4.69) is 31.1 Å². The number of piperidine rings is 1. The van der Waals surface area contributed by atoms with Gasteiger partial charge in [0.15, 0.2) is 0 Å². The van der Waals surface area contributed by atoms with E-state index in [1.165, 1.54) is 25.9 Å². The molecule has 1 N–H and O–H groups in total. The molecule has 1 saturated heterocycles. The highest BCUT2D eigenvalue weighted by molar-refractivity contribution is 5.85. The maximum Gasteiger partial charge on any atom is 0.00937 e. The Labute approximate surface area is 94.3 Å². The third-order valence-electron chi connectivity index (χ3n) is 2.29. The van der Waals surface area contributed by atoms with E-state index < -0.39 is 0 Å². The summed E-state index contributed by atoms with van der Waals surface area (Å²) >= 11 is 0. The highest BCUT2D eigenvalue weighted by atomic mass is 35.5. The van der Waals surface area contributed by atoms with E-state index in [4.69, 9.17) is 0 Å². The highest BCUT2D eigenvalue weighted by Gasteiger charge is 2.16. The van der Waals surface area contributed by atoms with Crippen molar-refractivity contribution in [2.75, 3.05) is 20.1 Å². The number of halogens is 2. The zero-order chi connectivity index (χ0) is 8.27. The Kier molecular flexibility index (Phi) is 9.65. The summed E-state index contributed by atoms with van der Waals surface area (Å²) in [4.78, 5) is 2.40. The molecule has 1 aliphatic rings. The molecule has 0 aromatic rings. The summed E-state index contributed by atoms with van der Waals surface area (Å²) in [6, 6.07) is 1.41. The van der Waals surface area contributed by atoms with Crippen LogP contribution >= 0.6 is 24.8 Å². The molecule has 0 radical (unpaired) electrons. The average molecular weight is 229 g/mol. The van der Waals surface area contributed by atoms with Gasteiger partial charge in [-0.05, 0) is 33.0 Å². The van der Waals surface area contributed by atoms with Gasteiger partial charge in [0.05, 0.1) is 0 Å². The summed E-state index contributed by atoms with van der Waals surface area (Å²) in [6.45, 7) is 6.95. The predicted molar refractivity (Wildman–Crippen MR) is 63.3 cm³/mol. The molecule has 2 nitrogen and oxygen atoms in total. The zero-order valence-electron chi connectivity index (χ0n) is 8.75. The van der Waals surface area contributed by atoms with Crippen LogP contribution in [0, 0.1) is 0 Å². The van der Waals surface area contributed by atoms with E-state index >= 15 is 0 Å². The van der Waals surface area contributed by atoms with Gasteiger partial charge < -0.3 is 10.2 Å². The molecule has 0 aromatic carbocycles. The summed E-state index contributed by atoms with van der Waals surface area (Å²) in [5.41, 5.74) is 0. The first-order chi connectivity index (χ1) is 5.18. The fourth-order valence-corrected chi connectivity index (χ4v) is 1.65. The second-order valence-electron chi connectivity index (χ2n) is 3.90. The standard InChI is InChI=1S/C9H20N2.2ClH/c1-8(2)10-9-4-6-11(3)7-5-9;;/h8-10H,4-7H2,1-3H3;2*1H. The minimum atomic E-state index is 0.